The van der Waals surface area contributed by atoms with Gasteiger partial charge in [-0.3, -0.25) is 4.79 Å². The second-order valence-corrected chi connectivity index (χ2v) is 5.33. The second-order valence-electron chi connectivity index (χ2n) is 4.90. The summed E-state index contributed by atoms with van der Waals surface area (Å²) in [6.45, 7) is 0. The van der Waals surface area contributed by atoms with Crippen LogP contribution in [0.25, 0.3) is 0 Å². The van der Waals surface area contributed by atoms with Crippen molar-refractivity contribution in [3.8, 4) is 6.07 Å². The summed E-state index contributed by atoms with van der Waals surface area (Å²) in [5.74, 6) is -0.207. The molecule has 1 fully saturated rings. The van der Waals surface area contributed by atoms with Crippen LogP contribution in [0.4, 0.5) is 5.69 Å². The highest BCUT2D eigenvalue weighted by atomic mass is 35.5. The van der Waals surface area contributed by atoms with E-state index in [1.807, 2.05) is 6.07 Å². The number of halogens is 1. The summed E-state index contributed by atoms with van der Waals surface area (Å²) in [7, 11) is 0. The zero-order valence-electron chi connectivity index (χ0n) is 10.5. The number of rotatable bonds is 3. The van der Waals surface area contributed by atoms with Crippen molar-refractivity contribution < 1.29 is 4.79 Å². The number of nitriles is 1. The molecule has 3 N–H and O–H groups in total. The quantitative estimate of drug-likeness (QED) is 0.891. The maximum atomic E-state index is 11.1. The molecule has 2 rings (SSSR count). The van der Waals surface area contributed by atoms with Crippen molar-refractivity contribution in [1.82, 2.24) is 0 Å². The second kappa shape index (κ2) is 5.94. The summed E-state index contributed by atoms with van der Waals surface area (Å²) in [5, 5.41) is 13.0. The van der Waals surface area contributed by atoms with Crippen LogP contribution in [0.3, 0.4) is 0 Å². The highest BCUT2D eigenvalue weighted by Gasteiger charge is 2.24. The van der Waals surface area contributed by atoms with Gasteiger partial charge in [0.1, 0.15) is 6.07 Å². The fourth-order valence-electron chi connectivity index (χ4n) is 2.48. The number of nitrogens with zero attached hydrogens (tertiary/aromatic N) is 1. The molecule has 1 aliphatic rings. The first-order valence-electron chi connectivity index (χ1n) is 6.35. The molecule has 0 aliphatic heterocycles. The van der Waals surface area contributed by atoms with Gasteiger partial charge in [0.15, 0.2) is 0 Å². The van der Waals surface area contributed by atoms with Crippen molar-refractivity contribution in [1.29, 1.82) is 5.26 Å². The van der Waals surface area contributed by atoms with Crippen molar-refractivity contribution >= 4 is 23.2 Å². The Morgan fingerprint density at radius 2 is 2.05 bits per heavy atom. The minimum atomic E-state index is -0.206. The number of carbonyl (C=O) groups excluding carboxylic acids is 1. The van der Waals surface area contributed by atoms with Crippen LogP contribution in [0.1, 0.15) is 31.2 Å². The van der Waals surface area contributed by atoms with Crippen LogP contribution in [-0.2, 0) is 4.79 Å². The largest absolute Gasteiger partial charge is 0.381 e. The average molecular weight is 278 g/mol. The third-order valence-electron chi connectivity index (χ3n) is 3.59. The maximum Gasteiger partial charge on any atom is 0.220 e. The molecule has 0 unspecified atom stereocenters. The van der Waals surface area contributed by atoms with E-state index in [9.17, 15) is 4.79 Å². The molecule has 1 aromatic carbocycles. The first-order chi connectivity index (χ1) is 9.10. The van der Waals surface area contributed by atoms with Gasteiger partial charge in [0, 0.05) is 17.0 Å². The van der Waals surface area contributed by atoms with Crippen LogP contribution >= 0.6 is 11.6 Å². The predicted octanol–water partition coefficient (Wildman–Crippen LogP) is 2.67. The number of hydrogen-bond donors (Lipinski definition) is 2. The van der Waals surface area contributed by atoms with Crippen LogP contribution in [0.5, 0.6) is 0 Å². The Kier molecular flexibility index (Phi) is 4.28. The molecule has 0 bridgehead atoms. The number of anilines is 1. The molecular weight excluding hydrogens is 262 g/mol. The fraction of sp³-hybridized carbons (Fsp3) is 0.429. The van der Waals surface area contributed by atoms with Gasteiger partial charge < -0.3 is 11.1 Å². The Bertz CT molecular complexity index is 516. The number of primary amides is 1. The average Bonchev–Trinajstić information content (AvgIpc) is 2.41. The van der Waals surface area contributed by atoms with Gasteiger partial charge in [-0.15, -0.1) is 0 Å². The number of amides is 1. The van der Waals surface area contributed by atoms with Gasteiger partial charge in [-0.2, -0.15) is 5.26 Å². The zero-order chi connectivity index (χ0) is 13.8. The summed E-state index contributed by atoms with van der Waals surface area (Å²) < 4.78 is 0. The third-order valence-corrected chi connectivity index (χ3v) is 3.83. The highest BCUT2D eigenvalue weighted by molar-refractivity contribution is 6.30. The van der Waals surface area contributed by atoms with Crippen LogP contribution in [0, 0.1) is 17.2 Å². The zero-order valence-corrected chi connectivity index (χ0v) is 11.3. The Morgan fingerprint density at radius 3 is 2.63 bits per heavy atom. The molecule has 0 spiro atoms. The van der Waals surface area contributed by atoms with Crippen molar-refractivity contribution in [2.24, 2.45) is 11.7 Å². The topological polar surface area (TPSA) is 78.9 Å². The van der Waals surface area contributed by atoms with Gasteiger partial charge in [0.2, 0.25) is 5.91 Å². The standard InChI is InChI=1S/C14H16ClN3O/c15-11-3-6-13(10(7-11)8-16)18-12-4-1-9(2-5-12)14(17)19/h3,6-7,9,12,18H,1-2,4-5H2,(H2,17,19). The number of carbonyl (C=O) groups is 1. The first-order valence-corrected chi connectivity index (χ1v) is 6.73. The molecule has 100 valence electrons. The van der Waals surface area contributed by atoms with Gasteiger partial charge in [-0.1, -0.05) is 11.6 Å². The lowest BCUT2D eigenvalue weighted by atomic mass is 9.85. The van der Waals surface area contributed by atoms with Crippen molar-refractivity contribution in [2.45, 2.75) is 31.7 Å². The van der Waals surface area contributed by atoms with Crippen molar-refractivity contribution in [2.75, 3.05) is 5.32 Å². The lowest BCUT2D eigenvalue weighted by molar-refractivity contribution is -0.122. The van der Waals surface area contributed by atoms with E-state index in [1.54, 1.807) is 12.1 Å². The molecule has 19 heavy (non-hydrogen) atoms. The molecule has 0 atom stereocenters. The van der Waals surface area contributed by atoms with E-state index in [4.69, 9.17) is 22.6 Å². The van der Waals surface area contributed by atoms with Crippen molar-refractivity contribution in [3.63, 3.8) is 0 Å². The number of benzene rings is 1. The van der Waals surface area contributed by atoms with E-state index in [0.29, 0.717) is 10.6 Å². The first kappa shape index (κ1) is 13.7. The van der Waals surface area contributed by atoms with E-state index in [1.165, 1.54) is 0 Å². The van der Waals surface area contributed by atoms with E-state index in [2.05, 4.69) is 11.4 Å². The summed E-state index contributed by atoms with van der Waals surface area (Å²) in [5.41, 5.74) is 6.66. The molecule has 1 aliphatic carbocycles. The minimum Gasteiger partial charge on any atom is -0.381 e. The molecule has 1 aromatic rings. The number of hydrogen-bond acceptors (Lipinski definition) is 3. The van der Waals surface area contributed by atoms with E-state index < -0.39 is 0 Å². The Morgan fingerprint density at radius 1 is 1.37 bits per heavy atom. The SMILES string of the molecule is N#Cc1cc(Cl)ccc1NC1CCC(C(N)=O)CC1. The number of nitrogens with two attached hydrogens (primary N) is 1. The van der Waals surface area contributed by atoms with E-state index >= 15 is 0 Å². The lowest BCUT2D eigenvalue weighted by Crippen LogP contribution is -2.32. The molecular formula is C14H16ClN3O. The molecule has 0 heterocycles. The maximum absolute atomic E-state index is 11.1. The van der Waals surface area contributed by atoms with Gasteiger partial charge in [0.05, 0.1) is 11.3 Å². The molecule has 0 radical (unpaired) electrons. The van der Waals surface area contributed by atoms with Crippen molar-refractivity contribution in [3.05, 3.63) is 28.8 Å². The van der Waals surface area contributed by atoms with Crippen LogP contribution in [0.15, 0.2) is 18.2 Å². The normalized spacial score (nSPS) is 22.5. The monoisotopic (exact) mass is 277 g/mol. The lowest BCUT2D eigenvalue weighted by Gasteiger charge is -2.28. The minimum absolute atomic E-state index is 0.00120. The highest BCUT2D eigenvalue weighted by Crippen LogP contribution is 2.28. The Balaban J connectivity index is 2.00. The summed E-state index contributed by atoms with van der Waals surface area (Å²) in [6.07, 6.45) is 3.40. The van der Waals surface area contributed by atoms with E-state index in [-0.39, 0.29) is 17.9 Å². The summed E-state index contributed by atoms with van der Waals surface area (Å²) in [6, 6.07) is 7.65. The fourth-order valence-corrected chi connectivity index (χ4v) is 2.65. The Hall–Kier alpha value is -1.73. The van der Waals surface area contributed by atoms with E-state index in [0.717, 1.165) is 31.4 Å². The molecule has 1 saturated carbocycles. The molecule has 0 saturated heterocycles. The van der Waals surface area contributed by atoms with Crippen LogP contribution in [-0.4, -0.2) is 11.9 Å². The van der Waals surface area contributed by atoms with Gasteiger partial charge >= 0.3 is 0 Å². The smallest absolute Gasteiger partial charge is 0.220 e. The summed E-state index contributed by atoms with van der Waals surface area (Å²) >= 11 is 5.86. The van der Waals surface area contributed by atoms with Gasteiger partial charge in [-0.05, 0) is 43.9 Å². The van der Waals surface area contributed by atoms with Crippen LogP contribution in [0.2, 0.25) is 5.02 Å². The van der Waals surface area contributed by atoms with Gasteiger partial charge in [-0.25, -0.2) is 0 Å². The molecule has 4 nitrogen and oxygen atoms in total. The predicted molar refractivity (Wildman–Crippen MR) is 74.7 cm³/mol. The number of nitrogens with one attached hydrogen (secondary N) is 1. The Labute approximate surface area is 117 Å². The molecule has 1 amide bonds. The van der Waals surface area contributed by atoms with Crippen LogP contribution < -0.4 is 11.1 Å². The molecule has 5 heteroatoms. The molecule has 0 aromatic heterocycles. The summed E-state index contributed by atoms with van der Waals surface area (Å²) in [4.78, 5) is 11.1. The third kappa shape index (κ3) is 3.39. The van der Waals surface area contributed by atoms with Gasteiger partial charge in [0.25, 0.3) is 0 Å².